The average molecular weight is 393 g/mol. The quantitative estimate of drug-likeness (QED) is 0.776. The molecule has 0 aliphatic heterocycles. The van der Waals surface area contributed by atoms with E-state index in [2.05, 4.69) is 34.8 Å². The summed E-state index contributed by atoms with van der Waals surface area (Å²) in [5.74, 6) is -0.666. The van der Waals surface area contributed by atoms with Gasteiger partial charge >= 0.3 is 5.97 Å². The molecule has 2 N–H and O–H groups in total. The van der Waals surface area contributed by atoms with E-state index in [1.165, 1.54) is 11.3 Å². The van der Waals surface area contributed by atoms with Gasteiger partial charge in [0.25, 0.3) is 5.91 Å². The van der Waals surface area contributed by atoms with Gasteiger partial charge in [-0.25, -0.2) is 4.79 Å². The van der Waals surface area contributed by atoms with E-state index in [1.54, 1.807) is 11.4 Å². The Labute approximate surface area is 129 Å². The third-order valence-electron chi connectivity index (χ3n) is 3.72. The van der Waals surface area contributed by atoms with E-state index in [-0.39, 0.29) is 5.91 Å². The highest BCUT2D eigenvalue weighted by molar-refractivity contribution is 14.1. The molecule has 1 aromatic rings. The monoisotopic (exact) mass is 393 g/mol. The van der Waals surface area contributed by atoms with Crippen LogP contribution in [0, 0.1) is 8.80 Å². The standard InChI is InChI=1S/C13H16INO3S/c1-8-2-4-13(5-3-8,12(17)18)15-11(16)9-6-10(14)19-7-9/h6-8H,2-5H2,1H3,(H,15,16)(H,17,18). The molecule has 1 aromatic heterocycles. The third-order valence-corrected chi connectivity index (χ3v) is 5.51. The van der Waals surface area contributed by atoms with E-state index in [0.717, 1.165) is 15.7 Å². The topological polar surface area (TPSA) is 66.4 Å². The predicted molar refractivity (Wildman–Crippen MR) is 82.5 cm³/mol. The summed E-state index contributed by atoms with van der Waals surface area (Å²) in [6.07, 6.45) is 2.70. The number of amides is 1. The van der Waals surface area contributed by atoms with Crippen molar-refractivity contribution in [2.45, 2.75) is 38.1 Å². The van der Waals surface area contributed by atoms with Crippen molar-refractivity contribution in [1.82, 2.24) is 5.32 Å². The lowest BCUT2D eigenvalue weighted by Gasteiger charge is -2.36. The smallest absolute Gasteiger partial charge is 0.329 e. The maximum atomic E-state index is 12.1. The fraction of sp³-hybridized carbons (Fsp3) is 0.538. The van der Waals surface area contributed by atoms with Gasteiger partial charge in [-0.1, -0.05) is 6.92 Å². The maximum absolute atomic E-state index is 12.1. The van der Waals surface area contributed by atoms with E-state index in [1.807, 2.05) is 0 Å². The van der Waals surface area contributed by atoms with E-state index >= 15 is 0 Å². The first kappa shape index (κ1) is 14.8. The molecule has 1 amide bonds. The van der Waals surface area contributed by atoms with Gasteiger partial charge in [-0.3, -0.25) is 4.79 Å². The van der Waals surface area contributed by atoms with Crippen LogP contribution in [-0.4, -0.2) is 22.5 Å². The summed E-state index contributed by atoms with van der Waals surface area (Å²) in [6.45, 7) is 2.12. The van der Waals surface area contributed by atoms with Gasteiger partial charge in [0.2, 0.25) is 0 Å². The van der Waals surface area contributed by atoms with Crippen LogP contribution in [0.3, 0.4) is 0 Å². The minimum Gasteiger partial charge on any atom is -0.480 e. The van der Waals surface area contributed by atoms with Crippen LogP contribution in [0.2, 0.25) is 0 Å². The van der Waals surface area contributed by atoms with Gasteiger partial charge in [0.1, 0.15) is 5.54 Å². The van der Waals surface area contributed by atoms with Gasteiger partial charge < -0.3 is 10.4 Å². The minimum atomic E-state index is -1.09. The third kappa shape index (κ3) is 3.28. The molecular weight excluding hydrogens is 377 g/mol. The summed E-state index contributed by atoms with van der Waals surface area (Å²) in [6, 6.07) is 1.78. The van der Waals surface area contributed by atoms with Crippen LogP contribution in [0.1, 0.15) is 43.0 Å². The highest BCUT2D eigenvalue weighted by atomic mass is 127. The Morgan fingerprint density at radius 1 is 1.47 bits per heavy atom. The summed E-state index contributed by atoms with van der Waals surface area (Å²) in [7, 11) is 0. The highest BCUT2D eigenvalue weighted by Crippen LogP contribution is 2.32. The molecule has 4 nitrogen and oxygen atoms in total. The van der Waals surface area contributed by atoms with Crippen LogP contribution in [-0.2, 0) is 4.79 Å². The summed E-state index contributed by atoms with van der Waals surface area (Å²) in [5.41, 5.74) is -0.537. The highest BCUT2D eigenvalue weighted by Gasteiger charge is 2.42. The van der Waals surface area contributed by atoms with Gasteiger partial charge in [-0.15, -0.1) is 11.3 Å². The number of carboxylic acids is 1. The fourth-order valence-electron chi connectivity index (χ4n) is 2.37. The summed E-state index contributed by atoms with van der Waals surface area (Å²) < 4.78 is 1.02. The molecular formula is C13H16INO3S. The normalized spacial score (nSPS) is 26.9. The lowest BCUT2D eigenvalue weighted by atomic mass is 9.77. The molecule has 19 heavy (non-hydrogen) atoms. The van der Waals surface area contributed by atoms with Crippen molar-refractivity contribution in [2.24, 2.45) is 5.92 Å². The Hall–Kier alpha value is -0.630. The second kappa shape index (κ2) is 5.78. The molecule has 1 saturated carbocycles. The number of halogens is 1. The van der Waals surface area contributed by atoms with Crippen LogP contribution in [0.4, 0.5) is 0 Å². The van der Waals surface area contributed by atoms with Gasteiger partial charge in [0.15, 0.2) is 0 Å². The number of carbonyl (C=O) groups excluding carboxylic acids is 1. The molecule has 1 aliphatic carbocycles. The Balaban J connectivity index is 2.13. The van der Waals surface area contributed by atoms with Gasteiger partial charge in [-0.05, 0) is 60.3 Å². The second-order valence-corrected chi connectivity index (χ2v) is 7.97. The SMILES string of the molecule is CC1CCC(NC(=O)c2csc(I)c2)(C(=O)O)CC1. The Kier molecular flexibility index (Phi) is 4.50. The van der Waals surface area contributed by atoms with Crippen molar-refractivity contribution in [2.75, 3.05) is 0 Å². The number of carbonyl (C=O) groups is 2. The molecule has 0 bridgehead atoms. The van der Waals surface area contributed by atoms with Crippen LogP contribution in [0.25, 0.3) is 0 Å². The molecule has 1 heterocycles. The molecule has 104 valence electrons. The zero-order valence-corrected chi connectivity index (χ0v) is 13.6. The average Bonchev–Trinajstić information content (AvgIpc) is 2.79. The molecule has 2 rings (SSSR count). The van der Waals surface area contributed by atoms with Crippen LogP contribution >= 0.6 is 33.9 Å². The first-order chi connectivity index (χ1) is 8.93. The molecule has 0 unspecified atom stereocenters. The van der Waals surface area contributed by atoms with Crippen molar-refractivity contribution < 1.29 is 14.7 Å². The molecule has 0 spiro atoms. The number of thiophene rings is 1. The van der Waals surface area contributed by atoms with E-state index < -0.39 is 11.5 Å². The number of hydrogen-bond donors (Lipinski definition) is 2. The predicted octanol–water partition coefficient (Wildman–Crippen LogP) is 3.12. The largest absolute Gasteiger partial charge is 0.480 e. The molecule has 1 aliphatic rings. The first-order valence-corrected chi connectivity index (χ1v) is 8.19. The molecule has 6 heteroatoms. The first-order valence-electron chi connectivity index (χ1n) is 6.23. The summed E-state index contributed by atoms with van der Waals surface area (Å²) in [4.78, 5) is 23.7. The van der Waals surface area contributed by atoms with Crippen molar-refractivity contribution in [3.63, 3.8) is 0 Å². The second-order valence-electron chi connectivity index (χ2n) is 5.16. The van der Waals surface area contributed by atoms with Gasteiger partial charge in [0, 0.05) is 5.38 Å². The summed E-state index contributed by atoms with van der Waals surface area (Å²) in [5, 5.41) is 14.0. The van der Waals surface area contributed by atoms with Crippen LogP contribution in [0.15, 0.2) is 11.4 Å². The molecule has 0 radical (unpaired) electrons. The minimum absolute atomic E-state index is 0.281. The zero-order chi connectivity index (χ0) is 14.0. The van der Waals surface area contributed by atoms with Crippen molar-refractivity contribution in [3.8, 4) is 0 Å². The van der Waals surface area contributed by atoms with Crippen LogP contribution < -0.4 is 5.32 Å². The molecule has 1 fully saturated rings. The number of hydrogen-bond acceptors (Lipinski definition) is 3. The lowest BCUT2D eigenvalue weighted by Crippen LogP contribution is -2.56. The van der Waals surface area contributed by atoms with E-state index in [9.17, 15) is 14.7 Å². The number of carboxylic acid groups (broad SMARTS) is 1. The Morgan fingerprint density at radius 2 is 2.11 bits per heavy atom. The fourth-order valence-corrected chi connectivity index (χ4v) is 3.69. The van der Waals surface area contributed by atoms with E-state index in [4.69, 9.17) is 0 Å². The molecule has 0 aromatic carbocycles. The maximum Gasteiger partial charge on any atom is 0.329 e. The zero-order valence-electron chi connectivity index (χ0n) is 10.6. The van der Waals surface area contributed by atoms with Crippen LogP contribution in [0.5, 0.6) is 0 Å². The van der Waals surface area contributed by atoms with Crippen molar-refractivity contribution in [1.29, 1.82) is 0 Å². The van der Waals surface area contributed by atoms with Crippen molar-refractivity contribution >= 4 is 45.8 Å². The van der Waals surface area contributed by atoms with Crippen molar-refractivity contribution in [3.05, 3.63) is 19.9 Å². The molecule has 0 saturated heterocycles. The Morgan fingerprint density at radius 3 is 2.58 bits per heavy atom. The van der Waals surface area contributed by atoms with Gasteiger partial charge in [-0.2, -0.15) is 0 Å². The Bertz CT molecular complexity index is 492. The number of rotatable bonds is 3. The van der Waals surface area contributed by atoms with Gasteiger partial charge in [0.05, 0.1) is 8.45 Å². The van der Waals surface area contributed by atoms with E-state index in [0.29, 0.717) is 24.3 Å². The summed E-state index contributed by atoms with van der Waals surface area (Å²) >= 11 is 3.63. The number of nitrogens with one attached hydrogen (secondary N) is 1. The lowest BCUT2D eigenvalue weighted by molar-refractivity contribution is -0.146. The number of aliphatic carboxylic acids is 1. The molecule has 0 atom stereocenters.